The van der Waals surface area contributed by atoms with Crippen molar-refractivity contribution in [3.63, 3.8) is 0 Å². The summed E-state index contributed by atoms with van der Waals surface area (Å²) in [6.45, 7) is 0.907. The maximum Gasteiger partial charge on any atom is 0.417 e. The maximum absolute atomic E-state index is 12.9. The van der Waals surface area contributed by atoms with Gasteiger partial charge in [-0.05, 0) is 13.0 Å². The van der Waals surface area contributed by atoms with Crippen LogP contribution >= 0.6 is 0 Å². The average molecular weight is 314 g/mol. The first-order chi connectivity index (χ1) is 9.54. The molecule has 0 N–H and O–H groups in total. The molecule has 0 saturated heterocycles. The molecule has 1 aromatic rings. The topological polar surface area (TPSA) is 43.4 Å². The minimum absolute atomic E-state index is 0.106. The molecule has 0 amide bonds. The highest BCUT2D eigenvalue weighted by molar-refractivity contribution is 6.00. The quantitative estimate of drug-likeness (QED) is 0.485. The molecule has 0 bridgehead atoms. The minimum Gasteiger partial charge on any atom is -0.462 e. The summed E-state index contributed by atoms with van der Waals surface area (Å²) in [6, 6.07) is 0.604. The molecule has 0 saturated carbocycles. The molecule has 21 heavy (non-hydrogen) atoms. The van der Waals surface area contributed by atoms with E-state index in [1.54, 1.807) is 0 Å². The Morgan fingerprint density at radius 1 is 1.14 bits per heavy atom. The number of benzene rings is 1. The number of esters is 1. The van der Waals surface area contributed by atoms with Crippen molar-refractivity contribution >= 4 is 12.3 Å². The molecule has 1 aromatic carbocycles. The summed E-state index contributed by atoms with van der Waals surface area (Å²) in [5.74, 6) is -1.64. The molecule has 0 atom stereocenters. The number of hydrogen-bond donors (Lipinski definition) is 0. The van der Waals surface area contributed by atoms with Crippen LogP contribution in [-0.2, 0) is 17.1 Å². The van der Waals surface area contributed by atoms with Crippen molar-refractivity contribution in [1.29, 1.82) is 0 Å². The van der Waals surface area contributed by atoms with E-state index in [-0.39, 0.29) is 19.0 Å². The monoisotopic (exact) mass is 314 g/mol. The number of alkyl halides is 6. The zero-order chi connectivity index (χ0) is 16.4. The van der Waals surface area contributed by atoms with Crippen LogP contribution in [0.15, 0.2) is 12.1 Å². The van der Waals surface area contributed by atoms with Crippen molar-refractivity contribution < 1.29 is 40.7 Å². The normalized spacial score (nSPS) is 12.1. The fourth-order valence-electron chi connectivity index (χ4n) is 1.67. The van der Waals surface area contributed by atoms with Crippen molar-refractivity contribution in [2.45, 2.75) is 19.3 Å². The molecule has 9 heteroatoms. The van der Waals surface area contributed by atoms with Crippen LogP contribution in [0.5, 0.6) is 0 Å². The molecule has 0 radical (unpaired) electrons. The third kappa shape index (κ3) is 3.53. The van der Waals surface area contributed by atoms with E-state index in [0.29, 0.717) is 6.07 Å². The van der Waals surface area contributed by atoms with Gasteiger partial charge in [-0.3, -0.25) is 4.79 Å². The van der Waals surface area contributed by atoms with E-state index in [9.17, 15) is 35.9 Å². The third-order valence-corrected chi connectivity index (χ3v) is 2.43. The Morgan fingerprint density at radius 3 is 2.10 bits per heavy atom. The smallest absolute Gasteiger partial charge is 0.417 e. The second-order valence-corrected chi connectivity index (χ2v) is 3.79. The molecule has 0 spiro atoms. The lowest BCUT2D eigenvalue weighted by Crippen LogP contribution is -2.23. The van der Waals surface area contributed by atoms with Crippen LogP contribution < -0.4 is 0 Å². The van der Waals surface area contributed by atoms with E-state index >= 15 is 0 Å². The standard InChI is InChI=1S/C12H8F6O3/c1-2-21-10(20)8-6(5-19)3-4-7(11(13,14)15)9(8)12(16,17)18/h3-5H,2H2,1H3. The van der Waals surface area contributed by atoms with E-state index in [4.69, 9.17) is 0 Å². The van der Waals surface area contributed by atoms with Gasteiger partial charge in [0.2, 0.25) is 0 Å². The largest absolute Gasteiger partial charge is 0.462 e. The van der Waals surface area contributed by atoms with Crippen molar-refractivity contribution in [2.24, 2.45) is 0 Å². The fourth-order valence-corrected chi connectivity index (χ4v) is 1.67. The van der Waals surface area contributed by atoms with Crippen LogP contribution in [0.4, 0.5) is 26.3 Å². The molecule has 116 valence electrons. The van der Waals surface area contributed by atoms with E-state index in [0.717, 1.165) is 0 Å². The van der Waals surface area contributed by atoms with Crippen molar-refractivity contribution in [2.75, 3.05) is 6.61 Å². The maximum atomic E-state index is 12.9. The highest BCUT2D eigenvalue weighted by atomic mass is 19.4. The number of hydrogen-bond acceptors (Lipinski definition) is 3. The highest BCUT2D eigenvalue weighted by Gasteiger charge is 2.47. The van der Waals surface area contributed by atoms with Crippen LogP contribution in [0.3, 0.4) is 0 Å². The van der Waals surface area contributed by atoms with E-state index in [2.05, 4.69) is 4.74 Å². The number of aldehydes is 1. The third-order valence-electron chi connectivity index (χ3n) is 2.43. The summed E-state index contributed by atoms with van der Waals surface area (Å²) in [5, 5.41) is 0. The van der Waals surface area contributed by atoms with Crippen LogP contribution in [0.1, 0.15) is 38.8 Å². The molecule has 3 nitrogen and oxygen atoms in total. The molecule has 0 unspecified atom stereocenters. The molecule has 0 aliphatic rings. The molecule has 0 aliphatic carbocycles. The SMILES string of the molecule is CCOC(=O)c1c(C=O)ccc(C(F)(F)F)c1C(F)(F)F. The predicted molar refractivity (Wildman–Crippen MR) is 57.8 cm³/mol. The van der Waals surface area contributed by atoms with Gasteiger partial charge in [0, 0.05) is 5.56 Å². The fraction of sp³-hybridized carbons (Fsp3) is 0.333. The predicted octanol–water partition coefficient (Wildman–Crippen LogP) is 3.71. The molecule has 0 fully saturated rings. The zero-order valence-corrected chi connectivity index (χ0v) is 10.4. The van der Waals surface area contributed by atoms with E-state index in [1.807, 2.05) is 0 Å². The summed E-state index contributed by atoms with van der Waals surface area (Å²) < 4.78 is 81.2. The van der Waals surface area contributed by atoms with Gasteiger partial charge in [-0.1, -0.05) is 6.07 Å². The van der Waals surface area contributed by atoms with E-state index < -0.39 is 40.6 Å². The lowest BCUT2D eigenvalue weighted by Gasteiger charge is -2.19. The first-order valence-corrected chi connectivity index (χ1v) is 5.47. The number of rotatable bonds is 3. The van der Waals surface area contributed by atoms with Crippen LogP contribution in [-0.4, -0.2) is 18.9 Å². The molecule has 1 rings (SSSR count). The lowest BCUT2D eigenvalue weighted by atomic mass is 9.95. The van der Waals surface area contributed by atoms with Crippen molar-refractivity contribution in [1.82, 2.24) is 0 Å². The number of carbonyl (C=O) groups excluding carboxylic acids is 2. The van der Waals surface area contributed by atoms with Crippen LogP contribution in [0.25, 0.3) is 0 Å². The Balaban J connectivity index is 3.79. The molecule has 0 heterocycles. The van der Waals surface area contributed by atoms with Gasteiger partial charge in [0.15, 0.2) is 6.29 Å². The Kier molecular flexibility index (Phi) is 4.65. The Labute approximate surface area is 114 Å². The zero-order valence-electron chi connectivity index (χ0n) is 10.4. The van der Waals surface area contributed by atoms with Gasteiger partial charge in [0.25, 0.3) is 0 Å². The van der Waals surface area contributed by atoms with Crippen molar-refractivity contribution in [3.05, 3.63) is 34.4 Å². The van der Waals surface area contributed by atoms with Gasteiger partial charge in [0.05, 0.1) is 23.3 Å². The van der Waals surface area contributed by atoms with Crippen LogP contribution in [0, 0.1) is 0 Å². The van der Waals surface area contributed by atoms with Gasteiger partial charge in [-0.25, -0.2) is 4.79 Å². The first kappa shape index (κ1) is 17.0. The molecule has 0 aliphatic heterocycles. The second kappa shape index (κ2) is 5.74. The first-order valence-electron chi connectivity index (χ1n) is 5.47. The molecular formula is C12H8F6O3. The number of halogens is 6. The van der Waals surface area contributed by atoms with Gasteiger partial charge >= 0.3 is 18.3 Å². The van der Waals surface area contributed by atoms with Gasteiger partial charge in [-0.15, -0.1) is 0 Å². The summed E-state index contributed by atoms with van der Waals surface area (Å²) in [6.07, 6.45) is -11.0. The van der Waals surface area contributed by atoms with E-state index in [1.165, 1.54) is 6.92 Å². The van der Waals surface area contributed by atoms with Crippen LogP contribution in [0.2, 0.25) is 0 Å². The van der Waals surface area contributed by atoms with Gasteiger partial charge < -0.3 is 4.74 Å². The Bertz CT molecular complexity index is 559. The number of ether oxygens (including phenoxy) is 1. The van der Waals surface area contributed by atoms with Gasteiger partial charge in [0.1, 0.15) is 0 Å². The summed E-state index contributed by atoms with van der Waals surface area (Å²) >= 11 is 0. The Hall–Kier alpha value is -2.06. The molecule has 0 aromatic heterocycles. The summed E-state index contributed by atoms with van der Waals surface area (Å²) in [7, 11) is 0. The highest BCUT2D eigenvalue weighted by Crippen LogP contribution is 2.43. The van der Waals surface area contributed by atoms with Gasteiger partial charge in [-0.2, -0.15) is 26.3 Å². The number of carbonyl (C=O) groups is 2. The summed E-state index contributed by atoms with van der Waals surface area (Å²) in [5.41, 5.74) is -6.54. The Morgan fingerprint density at radius 2 is 1.71 bits per heavy atom. The average Bonchev–Trinajstić information content (AvgIpc) is 2.35. The lowest BCUT2D eigenvalue weighted by molar-refractivity contribution is -0.162. The second-order valence-electron chi connectivity index (χ2n) is 3.79. The molecular weight excluding hydrogens is 306 g/mol. The summed E-state index contributed by atoms with van der Waals surface area (Å²) in [4.78, 5) is 22.2. The van der Waals surface area contributed by atoms with Crippen molar-refractivity contribution in [3.8, 4) is 0 Å². The minimum atomic E-state index is -5.48.